The highest BCUT2D eigenvalue weighted by Crippen LogP contribution is 2.51. The Hall–Kier alpha value is -3.19. The Kier molecular flexibility index (Phi) is 7.26. The standard InChI is InChI=1S/C28H37N5O2/c1-18-10-20(13-21(11-18)22(16-29-4)17-30-5)15-31-26(34)25-14-24(12-19(2)32-25)33-9-8-28(3,27(33)35)23-6-7-23/h10-14,16,23,29-30H,6-9,15,17H2,1-5H3,(H,31,34)/b22-16+/t28-/m0/s1. The number of hydrogen-bond donors (Lipinski definition) is 3. The number of aromatic nitrogens is 1. The van der Waals surface area contributed by atoms with Crippen LogP contribution in [-0.4, -0.2) is 44.0 Å². The third-order valence-corrected chi connectivity index (χ3v) is 7.20. The van der Waals surface area contributed by atoms with E-state index in [9.17, 15) is 9.59 Å². The number of aryl methyl sites for hydroxylation is 2. The Morgan fingerprint density at radius 1 is 1.17 bits per heavy atom. The summed E-state index contributed by atoms with van der Waals surface area (Å²) in [6, 6.07) is 9.98. The summed E-state index contributed by atoms with van der Waals surface area (Å²) in [4.78, 5) is 32.6. The van der Waals surface area contributed by atoms with E-state index in [1.165, 1.54) is 0 Å². The van der Waals surface area contributed by atoms with Gasteiger partial charge < -0.3 is 20.9 Å². The van der Waals surface area contributed by atoms with Crippen molar-refractivity contribution in [3.05, 3.63) is 64.6 Å². The summed E-state index contributed by atoms with van der Waals surface area (Å²) < 4.78 is 0. The van der Waals surface area contributed by atoms with E-state index in [4.69, 9.17) is 0 Å². The van der Waals surface area contributed by atoms with Gasteiger partial charge in [-0.15, -0.1) is 0 Å². The van der Waals surface area contributed by atoms with Gasteiger partial charge in [-0.3, -0.25) is 9.59 Å². The van der Waals surface area contributed by atoms with Crippen LogP contribution in [0.4, 0.5) is 5.69 Å². The Bertz CT molecular complexity index is 1150. The maximum absolute atomic E-state index is 13.2. The summed E-state index contributed by atoms with van der Waals surface area (Å²) in [6.07, 6.45) is 5.13. The monoisotopic (exact) mass is 475 g/mol. The summed E-state index contributed by atoms with van der Waals surface area (Å²) >= 11 is 0. The summed E-state index contributed by atoms with van der Waals surface area (Å²) in [5.41, 5.74) is 5.98. The van der Waals surface area contributed by atoms with Gasteiger partial charge in [0.2, 0.25) is 5.91 Å². The normalized spacial score (nSPS) is 20.3. The molecule has 0 unspecified atom stereocenters. The molecular formula is C28H37N5O2. The molecule has 2 fully saturated rings. The van der Waals surface area contributed by atoms with Crippen LogP contribution in [-0.2, 0) is 11.3 Å². The molecule has 2 aromatic rings. The smallest absolute Gasteiger partial charge is 0.270 e. The zero-order valence-electron chi connectivity index (χ0n) is 21.5. The largest absolute Gasteiger partial charge is 0.394 e. The van der Waals surface area contributed by atoms with E-state index in [1.807, 2.05) is 38.2 Å². The number of pyridine rings is 1. The molecule has 4 rings (SSSR count). The first-order valence-electron chi connectivity index (χ1n) is 12.5. The van der Waals surface area contributed by atoms with Gasteiger partial charge in [-0.25, -0.2) is 4.98 Å². The molecule has 2 heterocycles. The molecule has 7 heteroatoms. The number of likely N-dealkylation sites (N-methyl/N-ethyl adjacent to an activating group) is 1. The van der Waals surface area contributed by atoms with Crippen molar-refractivity contribution in [3.8, 4) is 0 Å². The van der Waals surface area contributed by atoms with E-state index in [2.05, 4.69) is 53.0 Å². The lowest BCUT2D eigenvalue weighted by molar-refractivity contribution is -0.125. The molecule has 2 aliphatic rings. The first-order chi connectivity index (χ1) is 16.7. The van der Waals surface area contributed by atoms with Gasteiger partial charge in [0.1, 0.15) is 5.69 Å². The van der Waals surface area contributed by atoms with Crippen LogP contribution in [0.5, 0.6) is 0 Å². The third-order valence-electron chi connectivity index (χ3n) is 7.20. The van der Waals surface area contributed by atoms with Gasteiger partial charge in [0.05, 0.1) is 5.41 Å². The van der Waals surface area contributed by atoms with Crippen molar-refractivity contribution in [2.75, 3.05) is 32.1 Å². The van der Waals surface area contributed by atoms with Crippen LogP contribution in [0.3, 0.4) is 0 Å². The number of nitrogens with one attached hydrogen (secondary N) is 3. The highest BCUT2D eigenvalue weighted by Gasteiger charge is 2.52. The lowest BCUT2D eigenvalue weighted by atomic mass is 9.83. The van der Waals surface area contributed by atoms with Crippen molar-refractivity contribution in [1.29, 1.82) is 0 Å². The average molecular weight is 476 g/mol. The van der Waals surface area contributed by atoms with Gasteiger partial charge in [-0.05, 0) is 81.0 Å². The van der Waals surface area contributed by atoms with Crippen LogP contribution in [0.1, 0.15) is 59.1 Å². The highest BCUT2D eigenvalue weighted by atomic mass is 16.2. The Balaban J connectivity index is 1.49. The number of amides is 2. The van der Waals surface area contributed by atoms with Crippen molar-refractivity contribution in [2.45, 2.75) is 46.6 Å². The van der Waals surface area contributed by atoms with E-state index in [0.717, 1.165) is 59.5 Å². The number of hydrogen-bond acceptors (Lipinski definition) is 5. The first-order valence-corrected chi connectivity index (χ1v) is 12.5. The van der Waals surface area contributed by atoms with Crippen LogP contribution in [0.25, 0.3) is 5.57 Å². The molecule has 7 nitrogen and oxygen atoms in total. The van der Waals surface area contributed by atoms with Gasteiger partial charge in [-0.1, -0.05) is 24.6 Å². The molecule has 35 heavy (non-hydrogen) atoms. The number of carbonyl (C=O) groups excluding carboxylic acids is 2. The molecule has 0 radical (unpaired) electrons. The fraction of sp³-hybridized carbons (Fsp3) is 0.464. The average Bonchev–Trinajstić information content (AvgIpc) is 3.63. The molecule has 0 bridgehead atoms. The predicted octanol–water partition coefficient (Wildman–Crippen LogP) is 3.56. The number of rotatable bonds is 9. The van der Waals surface area contributed by atoms with Crippen molar-refractivity contribution in [3.63, 3.8) is 0 Å². The fourth-order valence-electron chi connectivity index (χ4n) is 5.15. The molecule has 0 spiro atoms. The van der Waals surface area contributed by atoms with Gasteiger partial charge >= 0.3 is 0 Å². The van der Waals surface area contributed by atoms with Crippen LogP contribution < -0.4 is 20.9 Å². The quantitative estimate of drug-likeness (QED) is 0.516. The van der Waals surface area contributed by atoms with Crippen LogP contribution >= 0.6 is 0 Å². The van der Waals surface area contributed by atoms with Gasteiger partial charge in [0.25, 0.3) is 5.91 Å². The SMILES string of the molecule is CN/C=C(\CNC)c1cc(C)cc(CNC(=O)c2cc(N3CC[C@@](C)(C4CC4)C3=O)cc(C)n2)c1. The molecule has 1 aliphatic carbocycles. The lowest BCUT2D eigenvalue weighted by Crippen LogP contribution is -2.34. The maximum Gasteiger partial charge on any atom is 0.270 e. The minimum Gasteiger partial charge on any atom is -0.394 e. The number of nitrogens with zero attached hydrogens (tertiary/aromatic N) is 2. The van der Waals surface area contributed by atoms with Crippen LogP contribution in [0.2, 0.25) is 0 Å². The Morgan fingerprint density at radius 3 is 2.63 bits per heavy atom. The second-order valence-corrected chi connectivity index (χ2v) is 10.1. The second-order valence-electron chi connectivity index (χ2n) is 10.1. The highest BCUT2D eigenvalue weighted by molar-refractivity contribution is 6.01. The van der Waals surface area contributed by atoms with Gasteiger partial charge in [0, 0.05) is 44.3 Å². The Labute approximate surface area is 208 Å². The molecule has 1 aromatic heterocycles. The molecule has 1 saturated carbocycles. The van der Waals surface area contributed by atoms with Crippen LogP contribution in [0.15, 0.2) is 36.5 Å². The number of carbonyl (C=O) groups is 2. The summed E-state index contributed by atoms with van der Waals surface area (Å²) in [5.74, 6) is 0.438. The topological polar surface area (TPSA) is 86.4 Å². The molecular weight excluding hydrogens is 438 g/mol. The predicted molar refractivity (Wildman–Crippen MR) is 140 cm³/mol. The second kappa shape index (κ2) is 10.2. The Morgan fingerprint density at radius 2 is 1.94 bits per heavy atom. The molecule has 1 saturated heterocycles. The van der Waals surface area contributed by atoms with Gasteiger partial charge in [0.15, 0.2) is 0 Å². The third kappa shape index (κ3) is 5.40. The maximum atomic E-state index is 13.2. The molecule has 2 amide bonds. The summed E-state index contributed by atoms with van der Waals surface area (Å²) in [7, 11) is 3.81. The first kappa shape index (κ1) is 24.9. The van der Waals surface area contributed by atoms with E-state index in [1.54, 1.807) is 6.07 Å². The molecule has 1 atom stereocenters. The van der Waals surface area contributed by atoms with E-state index in [0.29, 0.717) is 24.7 Å². The molecule has 3 N–H and O–H groups in total. The summed E-state index contributed by atoms with van der Waals surface area (Å²) in [5, 5.41) is 9.32. The van der Waals surface area contributed by atoms with Crippen molar-refractivity contribution >= 4 is 23.1 Å². The van der Waals surface area contributed by atoms with Crippen molar-refractivity contribution in [1.82, 2.24) is 20.9 Å². The van der Waals surface area contributed by atoms with E-state index >= 15 is 0 Å². The van der Waals surface area contributed by atoms with Crippen LogP contribution in [0, 0.1) is 25.2 Å². The molecule has 186 valence electrons. The lowest BCUT2D eigenvalue weighted by Gasteiger charge is -2.23. The van der Waals surface area contributed by atoms with E-state index in [-0.39, 0.29) is 17.2 Å². The minimum absolute atomic E-state index is 0.177. The zero-order chi connectivity index (χ0) is 25.2. The fourth-order valence-corrected chi connectivity index (χ4v) is 5.15. The van der Waals surface area contributed by atoms with Crippen molar-refractivity contribution in [2.24, 2.45) is 11.3 Å². The number of anilines is 1. The molecule has 1 aliphatic heterocycles. The molecule has 1 aromatic carbocycles. The van der Waals surface area contributed by atoms with Gasteiger partial charge in [-0.2, -0.15) is 0 Å². The minimum atomic E-state index is -0.267. The van der Waals surface area contributed by atoms with Crippen molar-refractivity contribution < 1.29 is 9.59 Å². The zero-order valence-corrected chi connectivity index (χ0v) is 21.5. The summed E-state index contributed by atoms with van der Waals surface area (Å²) in [6.45, 7) is 7.84. The number of benzene rings is 1. The van der Waals surface area contributed by atoms with E-state index < -0.39 is 0 Å².